The summed E-state index contributed by atoms with van der Waals surface area (Å²) < 4.78 is 5.76. The number of nitrogen functional groups attached to an aromatic ring is 1. The number of nitrogens with one attached hydrogen (secondary N) is 1. The van der Waals surface area contributed by atoms with E-state index in [-0.39, 0.29) is 6.10 Å². The first-order chi connectivity index (χ1) is 10.1. The molecule has 0 fully saturated rings. The van der Waals surface area contributed by atoms with Gasteiger partial charge in [0, 0.05) is 16.6 Å². The molecule has 1 heterocycles. The van der Waals surface area contributed by atoms with Crippen molar-refractivity contribution in [1.29, 1.82) is 0 Å². The third-order valence-electron chi connectivity index (χ3n) is 3.18. The lowest BCUT2D eigenvalue weighted by Gasteiger charge is -2.20. The second kappa shape index (κ2) is 7.36. The monoisotopic (exact) mass is 304 g/mol. The Morgan fingerprint density at radius 1 is 1.29 bits per heavy atom. The number of anilines is 2. The van der Waals surface area contributed by atoms with Gasteiger partial charge in [0.25, 0.3) is 0 Å². The van der Waals surface area contributed by atoms with Crippen LogP contribution in [0.1, 0.15) is 44.5 Å². The van der Waals surface area contributed by atoms with Crippen molar-refractivity contribution in [2.45, 2.75) is 45.8 Å². The van der Waals surface area contributed by atoms with E-state index in [9.17, 15) is 0 Å². The summed E-state index contributed by atoms with van der Waals surface area (Å²) >= 11 is 1.79. The van der Waals surface area contributed by atoms with Crippen molar-refractivity contribution in [2.24, 2.45) is 0 Å². The highest BCUT2D eigenvalue weighted by Gasteiger charge is 2.13. The summed E-state index contributed by atoms with van der Waals surface area (Å²) in [4.78, 5) is 1.36. The van der Waals surface area contributed by atoms with Crippen LogP contribution in [0, 0.1) is 0 Å². The van der Waals surface area contributed by atoms with Gasteiger partial charge in [0.1, 0.15) is 5.75 Å². The van der Waals surface area contributed by atoms with E-state index in [0.29, 0.717) is 11.7 Å². The number of nitrogens with two attached hydrogens (primary N) is 1. The van der Waals surface area contributed by atoms with Crippen LogP contribution in [0.2, 0.25) is 0 Å². The lowest BCUT2D eigenvalue weighted by atomic mass is 10.1. The molecule has 0 saturated carbocycles. The van der Waals surface area contributed by atoms with Gasteiger partial charge in [-0.25, -0.2) is 0 Å². The molecule has 1 atom stereocenters. The van der Waals surface area contributed by atoms with E-state index in [4.69, 9.17) is 10.5 Å². The van der Waals surface area contributed by atoms with E-state index < -0.39 is 0 Å². The topological polar surface area (TPSA) is 47.3 Å². The zero-order valence-corrected chi connectivity index (χ0v) is 13.7. The normalized spacial score (nSPS) is 12.4. The molecule has 0 bridgehead atoms. The van der Waals surface area contributed by atoms with Crippen LogP contribution in [0.15, 0.2) is 35.7 Å². The third kappa shape index (κ3) is 4.39. The first-order valence-corrected chi connectivity index (χ1v) is 8.34. The second-order valence-electron chi connectivity index (χ2n) is 5.42. The SMILES string of the molecule is CCCC(Nc1ccc(N)c(OC(C)C)c1)c1cccs1. The zero-order valence-electron chi connectivity index (χ0n) is 12.9. The molecule has 21 heavy (non-hydrogen) atoms. The number of benzene rings is 1. The molecule has 0 spiro atoms. The maximum atomic E-state index is 5.97. The van der Waals surface area contributed by atoms with Crippen LogP contribution in [0.25, 0.3) is 0 Å². The lowest BCUT2D eigenvalue weighted by molar-refractivity contribution is 0.244. The molecule has 0 aliphatic rings. The van der Waals surface area contributed by atoms with Gasteiger partial charge >= 0.3 is 0 Å². The van der Waals surface area contributed by atoms with Crippen molar-refractivity contribution in [3.05, 3.63) is 40.6 Å². The maximum absolute atomic E-state index is 5.97. The lowest BCUT2D eigenvalue weighted by Crippen LogP contribution is -2.11. The number of hydrogen-bond acceptors (Lipinski definition) is 4. The minimum atomic E-state index is 0.117. The van der Waals surface area contributed by atoms with Gasteiger partial charge in [-0.15, -0.1) is 11.3 Å². The molecule has 0 aliphatic heterocycles. The average molecular weight is 304 g/mol. The van der Waals surface area contributed by atoms with Crippen LogP contribution < -0.4 is 15.8 Å². The Hall–Kier alpha value is -1.68. The summed E-state index contributed by atoms with van der Waals surface area (Å²) in [5.41, 5.74) is 7.70. The van der Waals surface area contributed by atoms with Crippen molar-refractivity contribution >= 4 is 22.7 Å². The van der Waals surface area contributed by atoms with Gasteiger partial charge in [-0.2, -0.15) is 0 Å². The fourth-order valence-electron chi connectivity index (χ4n) is 2.25. The minimum absolute atomic E-state index is 0.117. The molecule has 3 N–H and O–H groups in total. The molecule has 3 nitrogen and oxygen atoms in total. The van der Waals surface area contributed by atoms with E-state index in [1.165, 1.54) is 4.88 Å². The van der Waals surface area contributed by atoms with Crippen molar-refractivity contribution < 1.29 is 4.74 Å². The highest BCUT2D eigenvalue weighted by atomic mass is 32.1. The average Bonchev–Trinajstić information content (AvgIpc) is 2.95. The van der Waals surface area contributed by atoms with Gasteiger partial charge in [0.15, 0.2) is 0 Å². The summed E-state index contributed by atoms with van der Waals surface area (Å²) in [6.45, 7) is 6.22. The summed E-state index contributed by atoms with van der Waals surface area (Å²) in [6, 6.07) is 10.5. The van der Waals surface area contributed by atoms with E-state index in [2.05, 4.69) is 29.8 Å². The van der Waals surface area contributed by atoms with Crippen LogP contribution in [0.4, 0.5) is 11.4 Å². The van der Waals surface area contributed by atoms with Crippen LogP contribution in [0.3, 0.4) is 0 Å². The Morgan fingerprint density at radius 2 is 2.10 bits per heavy atom. The Labute approximate surface area is 131 Å². The predicted molar refractivity (Wildman–Crippen MR) is 92.2 cm³/mol. The number of rotatable bonds is 7. The van der Waals surface area contributed by atoms with Crippen LogP contribution in [0.5, 0.6) is 5.75 Å². The molecular formula is C17H24N2OS. The Balaban J connectivity index is 2.17. The molecule has 114 valence electrons. The molecule has 1 aromatic carbocycles. The molecule has 0 aliphatic carbocycles. The highest BCUT2D eigenvalue weighted by Crippen LogP contribution is 2.31. The minimum Gasteiger partial charge on any atom is -0.489 e. The van der Waals surface area contributed by atoms with Crippen molar-refractivity contribution in [3.63, 3.8) is 0 Å². The van der Waals surface area contributed by atoms with Crippen molar-refractivity contribution in [1.82, 2.24) is 0 Å². The first-order valence-electron chi connectivity index (χ1n) is 7.46. The standard InChI is InChI=1S/C17H24N2OS/c1-4-6-15(17-7-5-10-21-17)19-13-8-9-14(18)16(11-13)20-12(2)3/h5,7-12,15,19H,4,6,18H2,1-3H3. The van der Waals surface area contributed by atoms with Gasteiger partial charge in [0.2, 0.25) is 0 Å². The summed E-state index contributed by atoms with van der Waals surface area (Å²) in [5.74, 6) is 0.747. The molecule has 1 unspecified atom stereocenters. The fraction of sp³-hybridized carbons (Fsp3) is 0.412. The molecule has 2 rings (SSSR count). The smallest absolute Gasteiger partial charge is 0.144 e. The quantitative estimate of drug-likeness (QED) is 0.702. The maximum Gasteiger partial charge on any atom is 0.144 e. The van der Waals surface area contributed by atoms with E-state index in [1.54, 1.807) is 11.3 Å². The van der Waals surface area contributed by atoms with Gasteiger partial charge in [-0.1, -0.05) is 19.4 Å². The largest absolute Gasteiger partial charge is 0.489 e. The molecule has 4 heteroatoms. The van der Waals surface area contributed by atoms with Crippen LogP contribution in [-0.4, -0.2) is 6.10 Å². The van der Waals surface area contributed by atoms with Crippen molar-refractivity contribution in [2.75, 3.05) is 11.1 Å². The van der Waals surface area contributed by atoms with Gasteiger partial charge in [-0.05, 0) is 43.8 Å². The van der Waals surface area contributed by atoms with Gasteiger partial charge < -0.3 is 15.8 Å². The number of thiophene rings is 1. The molecule has 0 saturated heterocycles. The molecule has 0 radical (unpaired) electrons. The fourth-order valence-corrected chi connectivity index (χ4v) is 3.06. The summed E-state index contributed by atoms with van der Waals surface area (Å²) in [6.07, 6.45) is 2.36. The van der Waals surface area contributed by atoms with Gasteiger partial charge in [0.05, 0.1) is 17.8 Å². The molecular weight excluding hydrogens is 280 g/mol. The molecule has 0 amide bonds. The van der Waals surface area contributed by atoms with E-state index >= 15 is 0 Å². The summed E-state index contributed by atoms with van der Waals surface area (Å²) in [7, 11) is 0. The number of ether oxygens (including phenoxy) is 1. The van der Waals surface area contributed by atoms with E-state index in [0.717, 1.165) is 24.3 Å². The van der Waals surface area contributed by atoms with Gasteiger partial charge in [-0.3, -0.25) is 0 Å². The van der Waals surface area contributed by atoms with E-state index in [1.807, 2.05) is 32.0 Å². The predicted octanol–water partition coefficient (Wildman–Crippen LogP) is 5.07. The molecule has 2 aromatic rings. The van der Waals surface area contributed by atoms with Crippen molar-refractivity contribution in [3.8, 4) is 5.75 Å². The first kappa shape index (κ1) is 15.7. The Bertz CT molecular complexity index is 552. The number of hydrogen-bond donors (Lipinski definition) is 2. The Kier molecular flexibility index (Phi) is 5.51. The Morgan fingerprint density at radius 3 is 2.71 bits per heavy atom. The van der Waals surface area contributed by atoms with Crippen LogP contribution >= 0.6 is 11.3 Å². The second-order valence-corrected chi connectivity index (χ2v) is 6.40. The third-order valence-corrected chi connectivity index (χ3v) is 4.17. The molecule has 1 aromatic heterocycles. The van der Waals surface area contributed by atoms with Crippen LogP contribution in [-0.2, 0) is 0 Å². The summed E-state index contributed by atoms with van der Waals surface area (Å²) in [5, 5.41) is 5.72. The highest BCUT2D eigenvalue weighted by molar-refractivity contribution is 7.10. The zero-order chi connectivity index (χ0) is 15.2.